The highest BCUT2D eigenvalue weighted by molar-refractivity contribution is 5.53. The van der Waals surface area contributed by atoms with Crippen molar-refractivity contribution in [2.24, 2.45) is 5.11 Å². The summed E-state index contributed by atoms with van der Waals surface area (Å²) < 4.78 is 17.5. The second-order valence-corrected chi connectivity index (χ2v) is 2.91. The van der Waals surface area contributed by atoms with E-state index in [0.717, 1.165) is 0 Å². The van der Waals surface area contributed by atoms with Crippen LogP contribution in [0.4, 0.5) is 4.39 Å². The van der Waals surface area contributed by atoms with Gasteiger partial charge < -0.3 is 4.52 Å². The molecule has 0 N–H and O–H groups in total. The second kappa shape index (κ2) is 4.41. The molecule has 0 aliphatic heterocycles. The zero-order valence-corrected chi connectivity index (χ0v) is 8.04. The SMILES string of the molecule is [N-]=[N+]=NCc1nc(-c2ccc(F)cc2)no1. The molecule has 0 spiro atoms. The molecule has 6 nitrogen and oxygen atoms in total. The Morgan fingerprint density at radius 3 is 2.81 bits per heavy atom. The van der Waals surface area contributed by atoms with Crippen LogP contribution in [0.25, 0.3) is 21.8 Å². The highest BCUT2D eigenvalue weighted by atomic mass is 19.1. The molecule has 2 rings (SSSR count). The van der Waals surface area contributed by atoms with Gasteiger partial charge in [0.1, 0.15) is 12.4 Å². The topological polar surface area (TPSA) is 87.7 Å². The van der Waals surface area contributed by atoms with Gasteiger partial charge in [-0.15, -0.1) is 0 Å². The van der Waals surface area contributed by atoms with Crippen LogP contribution in [-0.4, -0.2) is 10.1 Å². The van der Waals surface area contributed by atoms with Crippen LogP contribution in [0.15, 0.2) is 33.9 Å². The molecule has 1 heterocycles. The van der Waals surface area contributed by atoms with Crippen molar-refractivity contribution in [1.82, 2.24) is 10.1 Å². The van der Waals surface area contributed by atoms with Crippen molar-refractivity contribution >= 4 is 0 Å². The molecule has 0 saturated carbocycles. The van der Waals surface area contributed by atoms with Crippen LogP contribution in [0.1, 0.15) is 5.89 Å². The van der Waals surface area contributed by atoms with Gasteiger partial charge in [0.15, 0.2) is 0 Å². The van der Waals surface area contributed by atoms with Crippen LogP contribution in [0, 0.1) is 5.82 Å². The molecule has 0 radical (unpaired) electrons. The first-order valence-corrected chi connectivity index (χ1v) is 4.39. The van der Waals surface area contributed by atoms with Gasteiger partial charge in [0.05, 0.1) is 0 Å². The first-order valence-electron chi connectivity index (χ1n) is 4.39. The van der Waals surface area contributed by atoms with E-state index in [0.29, 0.717) is 11.4 Å². The van der Waals surface area contributed by atoms with Crippen LogP contribution < -0.4 is 0 Å². The van der Waals surface area contributed by atoms with Crippen LogP contribution in [0.3, 0.4) is 0 Å². The minimum absolute atomic E-state index is 0.00466. The van der Waals surface area contributed by atoms with Gasteiger partial charge >= 0.3 is 0 Å². The lowest BCUT2D eigenvalue weighted by atomic mass is 10.2. The number of hydrogen-bond acceptors (Lipinski definition) is 4. The fourth-order valence-corrected chi connectivity index (χ4v) is 1.13. The Bertz CT molecular complexity index is 529. The lowest BCUT2D eigenvalue weighted by molar-refractivity contribution is 0.380. The van der Waals surface area contributed by atoms with Crippen LogP contribution in [0.2, 0.25) is 0 Å². The van der Waals surface area contributed by atoms with Crippen molar-refractivity contribution in [3.8, 4) is 11.4 Å². The number of azide groups is 1. The summed E-state index contributed by atoms with van der Waals surface area (Å²) in [6, 6.07) is 5.69. The molecule has 80 valence electrons. The summed E-state index contributed by atoms with van der Waals surface area (Å²) >= 11 is 0. The monoisotopic (exact) mass is 219 g/mol. The molecule has 0 fully saturated rings. The molecule has 1 aromatic carbocycles. The fraction of sp³-hybridized carbons (Fsp3) is 0.111. The second-order valence-electron chi connectivity index (χ2n) is 2.91. The summed E-state index contributed by atoms with van der Waals surface area (Å²) in [7, 11) is 0. The Kier molecular flexibility index (Phi) is 2.79. The average Bonchev–Trinajstić information content (AvgIpc) is 2.76. The zero-order valence-electron chi connectivity index (χ0n) is 8.04. The summed E-state index contributed by atoms with van der Waals surface area (Å²) in [6.07, 6.45) is 0. The average molecular weight is 219 g/mol. The van der Waals surface area contributed by atoms with Crippen LogP contribution in [0.5, 0.6) is 0 Å². The fourth-order valence-electron chi connectivity index (χ4n) is 1.13. The van der Waals surface area contributed by atoms with E-state index in [1.807, 2.05) is 0 Å². The molecule has 0 amide bonds. The summed E-state index contributed by atoms with van der Waals surface area (Å²) in [6.45, 7) is 0.00466. The molecule has 0 bridgehead atoms. The predicted octanol–water partition coefficient (Wildman–Crippen LogP) is 2.69. The van der Waals surface area contributed by atoms with Crippen molar-refractivity contribution in [3.05, 3.63) is 46.4 Å². The summed E-state index contributed by atoms with van der Waals surface area (Å²) in [5, 5.41) is 6.96. The van der Waals surface area contributed by atoms with E-state index in [1.165, 1.54) is 24.3 Å². The third-order valence-electron chi connectivity index (χ3n) is 1.84. The lowest BCUT2D eigenvalue weighted by Crippen LogP contribution is -1.83. The molecule has 0 atom stereocenters. The Balaban J connectivity index is 2.24. The molecule has 0 aliphatic carbocycles. The Morgan fingerprint density at radius 2 is 2.12 bits per heavy atom. The zero-order chi connectivity index (χ0) is 11.4. The molecule has 2 aromatic rings. The van der Waals surface area contributed by atoms with Crippen molar-refractivity contribution in [2.45, 2.75) is 6.54 Å². The molecular formula is C9H6FN5O. The van der Waals surface area contributed by atoms with Crippen molar-refractivity contribution in [3.63, 3.8) is 0 Å². The van der Waals surface area contributed by atoms with Gasteiger partial charge in [0.2, 0.25) is 11.7 Å². The van der Waals surface area contributed by atoms with E-state index in [9.17, 15) is 4.39 Å². The maximum Gasteiger partial charge on any atom is 0.232 e. The normalized spacial score (nSPS) is 9.81. The molecular weight excluding hydrogens is 213 g/mol. The molecule has 0 aliphatic rings. The Hall–Kier alpha value is -2.40. The molecule has 7 heteroatoms. The van der Waals surface area contributed by atoms with Crippen molar-refractivity contribution in [2.75, 3.05) is 0 Å². The summed E-state index contributed by atoms with van der Waals surface area (Å²) in [5.41, 5.74) is 8.75. The Labute approximate surface area is 89.3 Å². The first kappa shape index (κ1) is 10.1. The molecule has 16 heavy (non-hydrogen) atoms. The van der Waals surface area contributed by atoms with E-state index in [1.54, 1.807) is 0 Å². The Morgan fingerprint density at radius 1 is 1.38 bits per heavy atom. The van der Waals surface area contributed by atoms with Crippen LogP contribution in [-0.2, 0) is 6.54 Å². The minimum Gasteiger partial charge on any atom is -0.339 e. The van der Waals surface area contributed by atoms with E-state index in [4.69, 9.17) is 10.1 Å². The quantitative estimate of drug-likeness (QED) is 0.451. The minimum atomic E-state index is -0.332. The lowest BCUT2D eigenvalue weighted by Gasteiger charge is -1.92. The number of hydrogen-bond donors (Lipinski definition) is 0. The van der Waals surface area contributed by atoms with E-state index in [-0.39, 0.29) is 18.3 Å². The van der Waals surface area contributed by atoms with Gasteiger partial charge in [-0.05, 0) is 29.8 Å². The number of aromatic nitrogens is 2. The molecule has 0 unspecified atom stereocenters. The molecule has 1 aromatic heterocycles. The van der Waals surface area contributed by atoms with Gasteiger partial charge in [0, 0.05) is 10.5 Å². The van der Waals surface area contributed by atoms with Gasteiger partial charge in [-0.3, -0.25) is 0 Å². The smallest absolute Gasteiger partial charge is 0.232 e. The van der Waals surface area contributed by atoms with Crippen molar-refractivity contribution in [1.29, 1.82) is 0 Å². The third-order valence-corrected chi connectivity index (χ3v) is 1.84. The standard InChI is InChI=1S/C9H6FN5O/c10-7-3-1-6(2-4-7)9-13-8(16-14-9)5-12-15-11/h1-4H,5H2. The van der Waals surface area contributed by atoms with E-state index < -0.39 is 0 Å². The number of nitrogens with zero attached hydrogens (tertiary/aromatic N) is 5. The maximum absolute atomic E-state index is 12.7. The number of benzene rings is 1. The summed E-state index contributed by atoms with van der Waals surface area (Å²) in [4.78, 5) is 6.55. The van der Waals surface area contributed by atoms with E-state index >= 15 is 0 Å². The summed E-state index contributed by atoms with van der Waals surface area (Å²) in [5.74, 6) is 0.224. The van der Waals surface area contributed by atoms with Gasteiger partial charge in [-0.1, -0.05) is 10.3 Å². The van der Waals surface area contributed by atoms with Crippen LogP contribution >= 0.6 is 0 Å². The third kappa shape index (κ3) is 2.15. The van der Waals surface area contributed by atoms with Gasteiger partial charge in [0.25, 0.3) is 0 Å². The first-order chi connectivity index (χ1) is 7.79. The van der Waals surface area contributed by atoms with E-state index in [2.05, 4.69) is 20.2 Å². The highest BCUT2D eigenvalue weighted by Gasteiger charge is 2.07. The molecule has 0 saturated heterocycles. The van der Waals surface area contributed by atoms with Crippen molar-refractivity contribution < 1.29 is 8.91 Å². The number of halogens is 1. The number of rotatable bonds is 3. The maximum atomic E-state index is 12.7. The predicted molar refractivity (Wildman–Crippen MR) is 52.5 cm³/mol. The largest absolute Gasteiger partial charge is 0.339 e. The van der Waals surface area contributed by atoms with Gasteiger partial charge in [-0.25, -0.2) is 4.39 Å². The van der Waals surface area contributed by atoms with Gasteiger partial charge in [-0.2, -0.15) is 4.98 Å². The highest BCUT2D eigenvalue weighted by Crippen LogP contribution is 2.16.